The molecule has 114 valence electrons. The van der Waals surface area contributed by atoms with Crippen LogP contribution in [-0.2, 0) is 0 Å². The van der Waals surface area contributed by atoms with Crippen LogP contribution in [0.1, 0.15) is 51.5 Å². The number of hydrogen-bond donors (Lipinski definition) is 1. The molecule has 0 fully saturated rings. The lowest BCUT2D eigenvalue weighted by atomic mass is 9.90. The fraction of sp³-hybridized carbons (Fsp3) is 0.647. The smallest absolute Gasteiger partial charge is 0.160 e. The molecule has 0 aliphatic carbocycles. The Bertz CT molecular complexity index is 393. The first-order valence-corrected chi connectivity index (χ1v) is 7.63. The molecule has 0 heterocycles. The highest BCUT2D eigenvalue weighted by Crippen LogP contribution is 2.32. The predicted molar refractivity (Wildman–Crippen MR) is 85.0 cm³/mol. The molecule has 3 heteroatoms. The van der Waals surface area contributed by atoms with E-state index in [0.717, 1.165) is 18.0 Å². The zero-order valence-corrected chi connectivity index (χ0v) is 13.5. The Kier molecular flexibility index (Phi) is 7.45. The Balaban J connectivity index is 2.89. The maximum absolute atomic E-state index is 5.40. The highest BCUT2D eigenvalue weighted by atomic mass is 16.5. The molecule has 1 N–H and O–H groups in total. The van der Waals surface area contributed by atoms with Crippen molar-refractivity contribution in [3.63, 3.8) is 0 Å². The summed E-state index contributed by atoms with van der Waals surface area (Å²) in [6, 6.07) is 6.74. The monoisotopic (exact) mass is 279 g/mol. The first-order valence-electron chi connectivity index (χ1n) is 7.63. The lowest BCUT2D eigenvalue weighted by molar-refractivity contribution is 0.353. The van der Waals surface area contributed by atoms with Gasteiger partial charge in [0, 0.05) is 6.04 Å². The van der Waals surface area contributed by atoms with E-state index >= 15 is 0 Å². The van der Waals surface area contributed by atoms with Gasteiger partial charge in [-0.1, -0.05) is 33.3 Å². The summed E-state index contributed by atoms with van der Waals surface area (Å²) in [5, 5.41) is 3.66. The van der Waals surface area contributed by atoms with E-state index in [9.17, 15) is 0 Å². The van der Waals surface area contributed by atoms with Crippen LogP contribution in [0.25, 0.3) is 0 Å². The molecule has 0 aliphatic rings. The summed E-state index contributed by atoms with van der Waals surface area (Å²) in [6.07, 6.45) is 3.55. The van der Waals surface area contributed by atoms with Gasteiger partial charge in [0.05, 0.1) is 14.2 Å². The SMILES string of the molecule is CCCNC(CCC)C(C)c1ccc(OC)c(OC)c1. The predicted octanol–water partition coefficient (Wildman–Crippen LogP) is 3.98. The van der Waals surface area contributed by atoms with Gasteiger partial charge in [-0.25, -0.2) is 0 Å². The van der Waals surface area contributed by atoms with E-state index in [-0.39, 0.29) is 0 Å². The van der Waals surface area contributed by atoms with Gasteiger partial charge in [-0.3, -0.25) is 0 Å². The molecule has 0 aromatic heterocycles. The van der Waals surface area contributed by atoms with Crippen molar-refractivity contribution < 1.29 is 9.47 Å². The zero-order chi connectivity index (χ0) is 15.0. The highest BCUT2D eigenvalue weighted by Gasteiger charge is 2.19. The van der Waals surface area contributed by atoms with E-state index in [1.54, 1.807) is 14.2 Å². The summed E-state index contributed by atoms with van der Waals surface area (Å²) >= 11 is 0. The largest absolute Gasteiger partial charge is 0.493 e. The van der Waals surface area contributed by atoms with Crippen LogP contribution in [0, 0.1) is 0 Å². The van der Waals surface area contributed by atoms with E-state index in [0.29, 0.717) is 12.0 Å². The Morgan fingerprint density at radius 3 is 2.30 bits per heavy atom. The molecular formula is C17H29NO2. The first-order chi connectivity index (χ1) is 9.67. The molecule has 1 aromatic carbocycles. The minimum absolute atomic E-state index is 0.460. The van der Waals surface area contributed by atoms with Crippen molar-refractivity contribution in [3.8, 4) is 11.5 Å². The minimum atomic E-state index is 0.460. The van der Waals surface area contributed by atoms with Gasteiger partial charge < -0.3 is 14.8 Å². The Morgan fingerprint density at radius 2 is 1.75 bits per heavy atom. The Hall–Kier alpha value is -1.22. The van der Waals surface area contributed by atoms with Gasteiger partial charge in [-0.05, 0) is 43.0 Å². The molecule has 1 aromatic rings. The van der Waals surface area contributed by atoms with Crippen LogP contribution in [0.3, 0.4) is 0 Å². The number of hydrogen-bond acceptors (Lipinski definition) is 3. The van der Waals surface area contributed by atoms with E-state index in [1.807, 2.05) is 6.07 Å². The average molecular weight is 279 g/mol. The molecule has 1 rings (SSSR count). The fourth-order valence-corrected chi connectivity index (χ4v) is 2.54. The van der Waals surface area contributed by atoms with E-state index in [1.165, 1.54) is 24.8 Å². The Labute approximate surface area is 123 Å². The molecule has 2 atom stereocenters. The van der Waals surface area contributed by atoms with Crippen molar-refractivity contribution in [1.29, 1.82) is 0 Å². The van der Waals surface area contributed by atoms with Crippen LogP contribution in [0.2, 0.25) is 0 Å². The first kappa shape index (κ1) is 16.8. The average Bonchev–Trinajstić information content (AvgIpc) is 2.49. The number of rotatable bonds is 9. The third kappa shape index (κ3) is 4.41. The van der Waals surface area contributed by atoms with Crippen LogP contribution in [0.4, 0.5) is 0 Å². The van der Waals surface area contributed by atoms with Gasteiger partial charge in [-0.15, -0.1) is 0 Å². The second kappa shape index (κ2) is 8.85. The summed E-state index contributed by atoms with van der Waals surface area (Å²) in [4.78, 5) is 0. The summed E-state index contributed by atoms with van der Waals surface area (Å²) in [5.41, 5.74) is 1.30. The lowest BCUT2D eigenvalue weighted by Crippen LogP contribution is -2.34. The highest BCUT2D eigenvalue weighted by molar-refractivity contribution is 5.44. The fourth-order valence-electron chi connectivity index (χ4n) is 2.54. The third-order valence-corrected chi connectivity index (χ3v) is 3.79. The van der Waals surface area contributed by atoms with Crippen LogP contribution in [0.15, 0.2) is 18.2 Å². The molecule has 20 heavy (non-hydrogen) atoms. The van der Waals surface area contributed by atoms with Gasteiger partial charge >= 0.3 is 0 Å². The van der Waals surface area contributed by atoms with Crippen molar-refractivity contribution in [1.82, 2.24) is 5.32 Å². The van der Waals surface area contributed by atoms with Crippen molar-refractivity contribution in [2.75, 3.05) is 20.8 Å². The van der Waals surface area contributed by atoms with Crippen LogP contribution < -0.4 is 14.8 Å². The molecule has 0 saturated heterocycles. The van der Waals surface area contributed by atoms with Crippen LogP contribution in [0.5, 0.6) is 11.5 Å². The maximum Gasteiger partial charge on any atom is 0.160 e. The quantitative estimate of drug-likeness (QED) is 0.742. The molecule has 0 spiro atoms. The Morgan fingerprint density at radius 1 is 1.05 bits per heavy atom. The second-order valence-corrected chi connectivity index (χ2v) is 5.25. The summed E-state index contributed by atoms with van der Waals surface area (Å²) in [6.45, 7) is 7.80. The normalized spacial score (nSPS) is 13.8. The number of benzene rings is 1. The van der Waals surface area contributed by atoms with Gasteiger partial charge in [0.1, 0.15) is 0 Å². The lowest BCUT2D eigenvalue weighted by Gasteiger charge is -2.26. The molecule has 3 nitrogen and oxygen atoms in total. The van der Waals surface area contributed by atoms with E-state index in [4.69, 9.17) is 9.47 Å². The second-order valence-electron chi connectivity index (χ2n) is 5.25. The standard InChI is InChI=1S/C17H29NO2/c1-6-8-15(18-11-7-2)13(3)14-9-10-16(19-4)17(12-14)20-5/h9-10,12-13,15,18H,6-8,11H2,1-5H3. The van der Waals surface area contributed by atoms with Crippen molar-refractivity contribution in [2.24, 2.45) is 0 Å². The molecule has 2 unspecified atom stereocenters. The van der Waals surface area contributed by atoms with Crippen LogP contribution >= 0.6 is 0 Å². The number of ether oxygens (including phenoxy) is 2. The van der Waals surface area contributed by atoms with Crippen LogP contribution in [-0.4, -0.2) is 26.8 Å². The third-order valence-electron chi connectivity index (χ3n) is 3.79. The molecule has 0 saturated carbocycles. The van der Waals surface area contributed by atoms with Gasteiger partial charge in [0.25, 0.3) is 0 Å². The van der Waals surface area contributed by atoms with Crippen molar-refractivity contribution in [2.45, 2.75) is 52.0 Å². The number of nitrogens with one attached hydrogen (secondary N) is 1. The molecule has 0 amide bonds. The maximum atomic E-state index is 5.40. The van der Waals surface area contributed by atoms with Gasteiger partial charge in [-0.2, -0.15) is 0 Å². The summed E-state index contributed by atoms with van der Waals surface area (Å²) in [5.74, 6) is 2.06. The van der Waals surface area contributed by atoms with E-state index in [2.05, 4.69) is 38.2 Å². The number of methoxy groups -OCH3 is 2. The topological polar surface area (TPSA) is 30.5 Å². The molecule has 0 radical (unpaired) electrons. The van der Waals surface area contributed by atoms with E-state index < -0.39 is 0 Å². The van der Waals surface area contributed by atoms with Gasteiger partial charge in [0.2, 0.25) is 0 Å². The van der Waals surface area contributed by atoms with Gasteiger partial charge in [0.15, 0.2) is 11.5 Å². The molecule has 0 bridgehead atoms. The summed E-state index contributed by atoms with van der Waals surface area (Å²) < 4.78 is 10.7. The minimum Gasteiger partial charge on any atom is -0.493 e. The van der Waals surface area contributed by atoms with Crippen molar-refractivity contribution >= 4 is 0 Å². The zero-order valence-electron chi connectivity index (χ0n) is 13.5. The molecular weight excluding hydrogens is 250 g/mol. The molecule has 0 aliphatic heterocycles. The van der Waals surface area contributed by atoms with Crippen molar-refractivity contribution in [3.05, 3.63) is 23.8 Å². The summed E-state index contributed by atoms with van der Waals surface area (Å²) in [7, 11) is 3.36.